The minimum Gasteiger partial charge on any atom is -0.324 e. The zero-order valence-electron chi connectivity index (χ0n) is 4.99. The smallest absolute Gasteiger partial charge is 0.322 e. The zero-order chi connectivity index (χ0) is 6.78. The third-order valence-corrected chi connectivity index (χ3v) is 0.893. The van der Waals surface area contributed by atoms with Crippen LogP contribution in [0.2, 0.25) is 0 Å². The van der Waals surface area contributed by atoms with Crippen molar-refractivity contribution in [2.45, 2.75) is 13.0 Å². The summed E-state index contributed by atoms with van der Waals surface area (Å²) >= 11 is 0. The highest BCUT2D eigenvalue weighted by molar-refractivity contribution is 4.70. The van der Waals surface area contributed by atoms with Crippen molar-refractivity contribution in [2.75, 3.05) is 7.05 Å². The molecule has 0 saturated carbocycles. The molecule has 0 radical (unpaired) electrons. The van der Waals surface area contributed by atoms with Gasteiger partial charge in [-0.15, -0.1) is 0 Å². The van der Waals surface area contributed by atoms with E-state index in [1.807, 2.05) is 0 Å². The molecule has 0 atom stereocenters. The van der Waals surface area contributed by atoms with E-state index < -0.39 is 6.05 Å². The Labute approximate surface area is 47.6 Å². The molecular weight excluding hydrogens is 112 g/mol. The van der Waals surface area contributed by atoms with E-state index in [4.69, 9.17) is 0 Å². The Morgan fingerprint density at radius 1 is 1.62 bits per heavy atom. The van der Waals surface area contributed by atoms with E-state index >= 15 is 0 Å². The first-order chi connectivity index (χ1) is 3.48. The molecule has 0 aliphatic carbocycles. The first kappa shape index (κ1) is 7.40. The van der Waals surface area contributed by atoms with E-state index in [1.165, 1.54) is 7.05 Å². The molecule has 0 amide bonds. The van der Waals surface area contributed by atoms with Crippen molar-refractivity contribution in [1.29, 1.82) is 0 Å². The molecule has 0 heterocycles. The van der Waals surface area contributed by atoms with Gasteiger partial charge in [0.15, 0.2) is 0 Å². The van der Waals surface area contributed by atoms with Crippen molar-refractivity contribution in [3.8, 4) is 0 Å². The van der Waals surface area contributed by atoms with Crippen LogP contribution >= 0.6 is 0 Å². The molecule has 0 N–H and O–H groups in total. The molecule has 8 heavy (non-hydrogen) atoms. The molecule has 1 nitrogen and oxygen atoms in total. The Kier molecular flexibility index (Phi) is 1.95. The highest BCUT2D eigenvalue weighted by Gasteiger charge is 2.23. The summed E-state index contributed by atoms with van der Waals surface area (Å²) in [5.41, 5.74) is 0. The highest BCUT2D eigenvalue weighted by Crippen LogP contribution is 2.15. The van der Waals surface area contributed by atoms with Crippen LogP contribution in [0, 0.1) is 0 Å². The van der Waals surface area contributed by atoms with E-state index in [1.54, 1.807) is 0 Å². The summed E-state index contributed by atoms with van der Waals surface area (Å²) in [5, 5.41) is 0. The van der Waals surface area contributed by atoms with Crippen LogP contribution in [0.15, 0.2) is 12.8 Å². The number of alkyl halides is 2. The Hall–Kier alpha value is -0.600. The minimum atomic E-state index is -2.78. The summed E-state index contributed by atoms with van der Waals surface area (Å²) in [4.78, 5) is 0.743. The van der Waals surface area contributed by atoms with Crippen molar-refractivity contribution in [1.82, 2.24) is 4.90 Å². The first-order valence-electron chi connectivity index (χ1n) is 2.22. The molecular formula is C5H9F2N. The molecule has 0 unspecified atom stereocenters. The highest BCUT2D eigenvalue weighted by atomic mass is 19.3. The molecule has 0 aromatic rings. The van der Waals surface area contributed by atoms with Crippen molar-refractivity contribution < 1.29 is 8.78 Å². The summed E-state index contributed by atoms with van der Waals surface area (Å²) in [6, 6.07) is -2.78. The van der Waals surface area contributed by atoms with Gasteiger partial charge in [-0.3, -0.25) is 0 Å². The summed E-state index contributed by atoms with van der Waals surface area (Å²) in [6.07, 6.45) is 1.08. The average Bonchev–Trinajstić information content (AvgIpc) is 1.62. The molecule has 0 spiro atoms. The fraction of sp³-hybridized carbons (Fsp3) is 0.600. The summed E-state index contributed by atoms with van der Waals surface area (Å²) in [6.45, 7) is 3.99. The van der Waals surface area contributed by atoms with E-state index in [0.717, 1.165) is 18.0 Å². The maximum absolute atomic E-state index is 12.0. The molecule has 0 bridgehead atoms. The van der Waals surface area contributed by atoms with Crippen LogP contribution in [0.3, 0.4) is 0 Å². The minimum absolute atomic E-state index is 0.743. The monoisotopic (exact) mass is 121 g/mol. The van der Waals surface area contributed by atoms with Gasteiger partial charge in [0.2, 0.25) is 0 Å². The van der Waals surface area contributed by atoms with Crippen LogP contribution in [-0.2, 0) is 0 Å². The van der Waals surface area contributed by atoms with Gasteiger partial charge in [0.25, 0.3) is 0 Å². The lowest BCUT2D eigenvalue weighted by Crippen LogP contribution is -2.30. The van der Waals surface area contributed by atoms with E-state index in [2.05, 4.69) is 6.58 Å². The van der Waals surface area contributed by atoms with Gasteiger partial charge < -0.3 is 4.90 Å². The van der Waals surface area contributed by atoms with Crippen LogP contribution in [0.5, 0.6) is 0 Å². The number of hydrogen-bond acceptors (Lipinski definition) is 1. The fourth-order valence-electron chi connectivity index (χ4n) is 0.160. The summed E-state index contributed by atoms with van der Waals surface area (Å²) < 4.78 is 23.9. The largest absolute Gasteiger partial charge is 0.324 e. The summed E-state index contributed by atoms with van der Waals surface area (Å²) in [7, 11) is 1.27. The maximum atomic E-state index is 12.0. The second-order valence-electron chi connectivity index (χ2n) is 1.64. The second-order valence-corrected chi connectivity index (χ2v) is 1.64. The van der Waals surface area contributed by atoms with Crippen LogP contribution < -0.4 is 0 Å². The van der Waals surface area contributed by atoms with E-state index in [0.29, 0.717) is 0 Å². The quantitative estimate of drug-likeness (QED) is 0.502. The van der Waals surface area contributed by atoms with Gasteiger partial charge in [-0.05, 0) is 6.20 Å². The molecule has 0 aromatic heterocycles. The topological polar surface area (TPSA) is 3.24 Å². The Balaban J connectivity index is 3.80. The molecule has 0 rings (SSSR count). The Morgan fingerprint density at radius 2 is 2.00 bits per heavy atom. The van der Waals surface area contributed by atoms with E-state index in [-0.39, 0.29) is 0 Å². The molecule has 0 aliphatic heterocycles. The third kappa shape index (κ3) is 1.91. The normalized spacial score (nSPS) is 11.0. The van der Waals surface area contributed by atoms with Gasteiger partial charge in [-0.2, -0.15) is 8.78 Å². The number of rotatable bonds is 2. The van der Waals surface area contributed by atoms with Gasteiger partial charge in [0, 0.05) is 14.0 Å². The Morgan fingerprint density at radius 3 is 2.00 bits per heavy atom. The summed E-state index contributed by atoms with van der Waals surface area (Å²) in [5.74, 6) is 0. The number of hydrogen-bond donors (Lipinski definition) is 0. The van der Waals surface area contributed by atoms with Gasteiger partial charge in [-0.1, -0.05) is 6.58 Å². The predicted molar refractivity (Wildman–Crippen MR) is 28.6 cm³/mol. The van der Waals surface area contributed by atoms with Crippen molar-refractivity contribution >= 4 is 0 Å². The van der Waals surface area contributed by atoms with Gasteiger partial charge >= 0.3 is 6.05 Å². The number of halogens is 2. The van der Waals surface area contributed by atoms with Crippen LogP contribution in [0.1, 0.15) is 6.92 Å². The first-order valence-corrected chi connectivity index (χ1v) is 2.22. The zero-order valence-corrected chi connectivity index (χ0v) is 4.99. The average molecular weight is 121 g/mol. The molecule has 0 aliphatic rings. The lowest BCUT2D eigenvalue weighted by Gasteiger charge is -2.20. The maximum Gasteiger partial charge on any atom is 0.322 e. The van der Waals surface area contributed by atoms with Gasteiger partial charge in [-0.25, -0.2) is 0 Å². The van der Waals surface area contributed by atoms with Crippen molar-refractivity contribution in [3.05, 3.63) is 12.8 Å². The second kappa shape index (κ2) is 2.11. The Bertz CT molecular complexity index is 84.9. The van der Waals surface area contributed by atoms with Crippen molar-refractivity contribution in [3.63, 3.8) is 0 Å². The molecule has 0 fully saturated rings. The van der Waals surface area contributed by atoms with Gasteiger partial charge in [0.1, 0.15) is 0 Å². The predicted octanol–water partition coefficient (Wildman–Crippen LogP) is 1.67. The van der Waals surface area contributed by atoms with E-state index in [9.17, 15) is 8.78 Å². The third-order valence-electron chi connectivity index (χ3n) is 0.893. The fourth-order valence-corrected chi connectivity index (χ4v) is 0.160. The lowest BCUT2D eigenvalue weighted by molar-refractivity contribution is -0.0916. The molecule has 3 heteroatoms. The molecule has 0 aromatic carbocycles. The van der Waals surface area contributed by atoms with Crippen LogP contribution in [0.25, 0.3) is 0 Å². The van der Waals surface area contributed by atoms with Crippen molar-refractivity contribution in [2.24, 2.45) is 0 Å². The molecule has 48 valence electrons. The van der Waals surface area contributed by atoms with Crippen LogP contribution in [-0.4, -0.2) is 18.0 Å². The standard InChI is InChI=1S/C5H9F2N/c1-4-8(3)5(2,6)7/h4H,1H2,2-3H3. The lowest BCUT2D eigenvalue weighted by atomic mass is 10.6. The molecule has 0 saturated heterocycles. The van der Waals surface area contributed by atoms with Crippen LogP contribution in [0.4, 0.5) is 8.78 Å². The number of nitrogens with zero attached hydrogens (tertiary/aromatic N) is 1. The SMILES string of the molecule is C=CN(C)C(C)(F)F. The van der Waals surface area contributed by atoms with Gasteiger partial charge in [0.05, 0.1) is 0 Å².